The van der Waals surface area contributed by atoms with Crippen LogP contribution in [0.1, 0.15) is 19.5 Å². The maximum atomic E-state index is 11.6. The normalized spacial score (nSPS) is 12.1. The number of nitrogens with one attached hydrogen (secondary N) is 1. The second-order valence-corrected chi connectivity index (χ2v) is 4.27. The summed E-state index contributed by atoms with van der Waals surface area (Å²) in [7, 11) is 0. The van der Waals surface area contributed by atoms with E-state index < -0.39 is 5.92 Å². The number of carbonyl (C=O) groups is 1. The molecule has 1 unspecified atom stereocenters. The molecule has 0 saturated carbocycles. The summed E-state index contributed by atoms with van der Waals surface area (Å²) < 4.78 is 0. The van der Waals surface area contributed by atoms with E-state index in [9.17, 15) is 4.79 Å². The number of amides is 1. The van der Waals surface area contributed by atoms with Crippen LogP contribution in [-0.2, 0) is 11.3 Å². The van der Waals surface area contributed by atoms with Gasteiger partial charge in [-0.05, 0) is 5.92 Å². The molecule has 1 atom stereocenters. The van der Waals surface area contributed by atoms with E-state index in [0.717, 1.165) is 5.69 Å². The quantitative estimate of drug-likeness (QED) is 0.842. The molecule has 15 heavy (non-hydrogen) atoms. The molecule has 0 aliphatic rings. The van der Waals surface area contributed by atoms with Crippen LogP contribution in [0.5, 0.6) is 0 Å². The van der Waals surface area contributed by atoms with Crippen LogP contribution in [0.2, 0.25) is 0 Å². The SMILES string of the molecule is CC(C)C(C#N)C(=O)NCc1cscn1. The van der Waals surface area contributed by atoms with Crippen LogP contribution in [0.4, 0.5) is 0 Å². The van der Waals surface area contributed by atoms with Gasteiger partial charge in [-0.2, -0.15) is 5.26 Å². The van der Waals surface area contributed by atoms with Gasteiger partial charge in [0.25, 0.3) is 0 Å². The van der Waals surface area contributed by atoms with Crippen LogP contribution >= 0.6 is 11.3 Å². The minimum atomic E-state index is -0.580. The van der Waals surface area contributed by atoms with Crippen LogP contribution in [-0.4, -0.2) is 10.9 Å². The number of nitriles is 1. The highest BCUT2D eigenvalue weighted by Gasteiger charge is 2.21. The zero-order valence-corrected chi connectivity index (χ0v) is 9.54. The van der Waals surface area contributed by atoms with E-state index in [0.29, 0.717) is 6.54 Å². The Balaban J connectivity index is 2.46. The van der Waals surface area contributed by atoms with Gasteiger partial charge < -0.3 is 5.32 Å². The largest absolute Gasteiger partial charge is 0.349 e. The molecule has 0 aromatic carbocycles. The molecule has 1 heterocycles. The fourth-order valence-corrected chi connectivity index (χ4v) is 1.68. The maximum Gasteiger partial charge on any atom is 0.237 e. The number of hydrogen-bond acceptors (Lipinski definition) is 4. The monoisotopic (exact) mass is 223 g/mol. The van der Waals surface area contributed by atoms with E-state index in [1.165, 1.54) is 11.3 Å². The first kappa shape index (κ1) is 11.7. The van der Waals surface area contributed by atoms with Crippen LogP contribution in [0.3, 0.4) is 0 Å². The number of rotatable bonds is 4. The van der Waals surface area contributed by atoms with E-state index in [2.05, 4.69) is 10.3 Å². The zero-order chi connectivity index (χ0) is 11.3. The second-order valence-electron chi connectivity index (χ2n) is 3.55. The Morgan fingerprint density at radius 1 is 1.73 bits per heavy atom. The molecule has 1 N–H and O–H groups in total. The molecular weight excluding hydrogens is 210 g/mol. The van der Waals surface area contributed by atoms with Crippen molar-refractivity contribution in [3.05, 3.63) is 16.6 Å². The number of carbonyl (C=O) groups excluding carboxylic acids is 1. The molecule has 0 spiro atoms. The first-order chi connectivity index (χ1) is 7.15. The van der Waals surface area contributed by atoms with Crippen molar-refractivity contribution >= 4 is 17.2 Å². The summed E-state index contributed by atoms with van der Waals surface area (Å²) in [6, 6.07) is 2.00. The Labute approximate surface area is 92.9 Å². The summed E-state index contributed by atoms with van der Waals surface area (Å²) in [6.07, 6.45) is 0. The minimum Gasteiger partial charge on any atom is -0.349 e. The number of nitrogens with zero attached hydrogens (tertiary/aromatic N) is 2. The molecule has 80 valence electrons. The smallest absolute Gasteiger partial charge is 0.237 e. The molecule has 1 amide bonds. The Morgan fingerprint density at radius 2 is 2.47 bits per heavy atom. The van der Waals surface area contributed by atoms with Crippen molar-refractivity contribution in [1.82, 2.24) is 10.3 Å². The van der Waals surface area contributed by atoms with Crippen LogP contribution < -0.4 is 5.32 Å². The first-order valence-corrected chi connectivity index (χ1v) is 5.63. The lowest BCUT2D eigenvalue weighted by Crippen LogP contribution is -2.32. The van der Waals surface area contributed by atoms with Gasteiger partial charge in [0, 0.05) is 5.38 Å². The molecule has 5 heteroatoms. The average Bonchev–Trinajstić information content (AvgIpc) is 2.67. The van der Waals surface area contributed by atoms with E-state index >= 15 is 0 Å². The standard InChI is InChI=1S/C10H13N3OS/c1-7(2)9(3-11)10(14)12-4-8-5-15-6-13-8/h5-7,9H,4H2,1-2H3,(H,12,14). The third-order valence-corrected chi connectivity index (χ3v) is 2.65. The van der Waals surface area contributed by atoms with Gasteiger partial charge >= 0.3 is 0 Å². The molecule has 0 aliphatic carbocycles. The van der Waals surface area contributed by atoms with Crippen molar-refractivity contribution in [1.29, 1.82) is 5.26 Å². The number of thiazole rings is 1. The first-order valence-electron chi connectivity index (χ1n) is 4.69. The summed E-state index contributed by atoms with van der Waals surface area (Å²) in [4.78, 5) is 15.6. The molecule has 0 aliphatic heterocycles. The number of hydrogen-bond donors (Lipinski definition) is 1. The predicted molar refractivity (Wildman–Crippen MR) is 57.9 cm³/mol. The summed E-state index contributed by atoms with van der Waals surface area (Å²) in [6.45, 7) is 4.11. The van der Waals surface area contributed by atoms with Crippen molar-refractivity contribution < 1.29 is 4.79 Å². The van der Waals surface area contributed by atoms with E-state index in [1.54, 1.807) is 5.51 Å². The maximum absolute atomic E-state index is 11.6. The second kappa shape index (κ2) is 5.47. The van der Waals surface area contributed by atoms with Crippen LogP contribution in [0, 0.1) is 23.2 Å². The van der Waals surface area contributed by atoms with Gasteiger partial charge in [0.2, 0.25) is 5.91 Å². The molecule has 0 fully saturated rings. The summed E-state index contributed by atoms with van der Waals surface area (Å²) in [5.74, 6) is -0.769. The fourth-order valence-electron chi connectivity index (χ4n) is 1.12. The molecule has 0 radical (unpaired) electrons. The molecule has 0 bridgehead atoms. The lowest BCUT2D eigenvalue weighted by atomic mass is 9.97. The highest BCUT2D eigenvalue weighted by Crippen LogP contribution is 2.09. The van der Waals surface area contributed by atoms with E-state index in [4.69, 9.17) is 5.26 Å². The molecule has 1 aromatic heterocycles. The van der Waals surface area contributed by atoms with Gasteiger partial charge in [0.15, 0.2) is 0 Å². The van der Waals surface area contributed by atoms with Gasteiger partial charge in [0.1, 0.15) is 5.92 Å². The number of aromatic nitrogens is 1. The van der Waals surface area contributed by atoms with Gasteiger partial charge in [0.05, 0.1) is 23.8 Å². The zero-order valence-electron chi connectivity index (χ0n) is 8.73. The average molecular weight is 223 g/mol. The van der Waals surface area contributed by atoms with Crippen molar-refractivity contribution in [2.45, 2.75) is 20.4 Å². The fraction of sp³-hybridized carbons (Fsp3) is 0.500. The topological polar surface area (TPSA) is 65.8 Å². The molecule has 1 rings (SSSR count). The lowest BCUT2D eigenvalue weighted by Gasteiger charge is -2.12. The van der Waals surface area contributed by atoms with Crippen molar-refractivity contribution in [2.75, 3.05) is 0 Å². The van der Waals surface area contributed by atoms with E-state index in [-0.39, 0.29) is 11.8 Å². The van der Waals surface area contributed by atoms with Gasteiger partial charge in [-0.15, -0.1) is 11.3 Å². The van der Waals surface area contributed by atoms with Crippen molar-refractivity contribution in [3.63, 3.8) is 0 Å². The van der Waals surface area contributed by atoms with E-state index in [1.807, 2.05) is 25.3 Å². The molecular formula is C10H13N3OS. The predicted octanol–water partition coefficient (Wildman–Crippen LogP) is 1.56. The molecule has 4 nitrogen and oxygen atoms in total. The Kier molecular flexibility index (Phi) is 4.25. The van der Waals surface area contributed by atoms with Crippen LogP contribution in [0.15, 0.2) is 10.9 Å². The Hall–Kier alpha value is -1.41. The highest BCUT2D eigenvalue weighted by molar-refractivity contribution is 7.07. The third kappa shape index (κ3) is 3.33. The highest BCUT2D eigenvalue weighted by atomic mass is 32.1. The summed E-state index contributed by atoms with van der Waals surface area (Å²) >= 11 is 1.48. The van der Waals surface area contributed by atoms with Gasteiger partial charge in [-0.1, -0.05) is 13.8 Å². The minimum absolute atomic E-state index is 0.0328. The lowest BCUT2D eigenvalue weighted by molar-refractivity contribution is -0.124. The van der Waals surface area contributed by atoms with Gasteiger partial charge in [-0.3, -0.25) is 4.79 Å². The summed E-state index contributed by atoms with van der Waals surface area (Å²) in [5.41, 5.74) is 2.54. The molecule has 0 saturated heterocycles. The Bertz CT molecular complexity index is 353. The van der Waals surface area contributed by atoms with Crippen LogP contribution in [0.25, 0.3) is 0 Å². The van der Waals surface area contributed by atoms with Crippen molar-refractivity contribution in [2.24, 2.45) is 11.8 Å². The Morgan fingerprint density at radius 3 is 2.93 bits per heavy atom. The van der Waals surface area contributed by atoms with Crippen molar-refractivity contribution in [3.8, 4) is 6.07 Å². The summed E-state index contributed by atoms with van der Waals surface area (Å²) in [5, 5.41) is 13.4. The molecule has 1 aromatic rings. The van der Waals surface area contributed by atoms with Gasteiger partial charge in [-0.25, -0.2) is 4.98 Å². The third-order valence-electron chi connectivity index (χ3n) is 2.02.